The zero-order valence-electron chi connectivity index (χ0n) is 15.3. The summed E-state index contributed by atoms with van der Waals surface area (Å²) in [6, 6.07) is 16.1. The predicted molar refractivity (Wildman–Crippen MR) is 118 cm³/mol. The van der Waals surface area contributed by atoms with Gasteiger partial charge in [0.05, 0.1) is 18.1 Å². The van der Waals surface area contributed by atoms with Crippen LogP contribution < -0.4 is 15.4 Å². The topological polar surface area (TPSA) is 88.8 Å². The van der Waals surface area contributed by atoms with Gasteiger partial charge >= 0.3 is 0 Å². The molecule has 0 aliphatic rings. The van der Waals surface area contributed by atoms with Crippen LogP contribution in [0.25, 0.3) is 0 Å². The standard InChI is InChI=1S/C19H24N4O3.HI/c1-2-20-19(21-13-6-14-26-18-7-4-3-5-8-18)22-15-16-9-11-17(12-10-16)23(24)25;/h3-5,7-12H,2,6,13-15H2,1H3,(H2,20,21,22);1H. The van der Waals surface area contributed by atoms with Gasteiger partial charge in [-0.05, 0) is 31.0 Å². The Morgan fingerprint density at radius 1 is 1.11 bits per heavy atom. The van der Waals surface area contributed by atoms with Crippen molar-refractivity contribution in [2.75, 3.05) is 19.7 Å². The fourth-order valence-electron chi connectivity index (χ4n) is 2.22. The molecule has 7 nitrogen and oxygen atoms in total. The Labute approximate surface area is 176 Å². The predicted octanol–water partition coefficient (Wildman–Crippen LogP) is 3.74. The lowest BCUT2D eigenvalue weighted by Crippen LogP contribution is -2.38. The molecule has 0 unspecified atom stereocenters. The number of guanidine groups is 1. The number of rotatable bonds is 9. The van der Waals surface area contributed by atoms with Gasteiger partial charge in [0.2, 0.25) is 0 Å². The van der Waals surface area contributed by atoms with Crippen LogP contribution in [-0.2, 0) is 6.54 Å². The lowest BCUT2D eigenvalue weighted by atomic mass is 10.2. The van der Waals surface area contributed by atoms with Crippen LogP contribution in [0.3, 0.4) is 0 Å². The third-order valence-corrected chi connectivity index (χ3v) is 3.54. The number of non-ortho nitro benzene ring substituents is 1. The molecule has 2 rings (SSSR count). The van der Waals surface area contributed by atoms with Crippen LogP contribution in [0.1, 0.15) is 18.9 Å². The van der Waals surface area contributed by atoms with Crippen LogP contribution in [0.4, 0.5) is 5.69 Å². The van der Waals surface area contributed by atoms with Gasteiger partial charge < -0.3 is 15.4 Å². The van der Waals surface area contributed by atoms with Gasteiger partial charge in [0.1, 0.15) is 5.75 Å². The minimum absolute atomic E-state index is 0. The van der Waals surface area contributed by atoms with Gasteiger partial charge in [-0.3, -0.25) is 10.1 Å². The summed E-state index contributed by atoms with van der Waals surface area (Å²) in [4.78, 5) is 14.8. The van der Waals surface area contributed by atoms with Crippen molar-refractivity contribution in [3.8, 4) is 5.75 Å². The summed E-state index contributed by atoms with van der Waals surface area (Å²) >= 11 is 0. The smallest absolute Gasteiger partial charge is 0.269 e. The minimum Gasteiger partial charge on any atom is -0.494 e. The molecular formula is C19H25IN4O3. The van der Waals surface area contributed by atoms with E-state index in [1.54, 1.807) is 12.1 Å². The molecule has 27 heavy (non-hydrogen) atoms. The van der Waals surface area contributed by atoms with Crippen LogP contribution in [0.15, 0.2) is 59.6 Å². The number of halogens is 1. The first-order valence-electron chi connectivity index (χ1n) is 8.62. The van der Waals surface area contributed by atoms with Gasteiger partial charge in [0.15, 0.2) is 5.96 Å². The quantitative estimate of drug-likeness (QED) is 0.141. The molecule has 0 aliphatic heterocycles. The molecule has 8 heteroatoms. The van der Waals surface area contributed by atoms with E-state index in [9.17, 15) is 10.1 Å². The molecule has 2 aromatic carbocycles. The number of ether oxygens (including phenoxy) is 1. The Morgan fingerprint density at radius 2 is 1.81 bits per heavy atom. The van der Waals surface area contributed by atoms with Crippen molar-refractivity contribution in [1.82, 2.24) is 10.6 Å². The van der Waals surface area contributed by atoms with Gasteiger partial charge in [-0.1, -0.05) is 30.3 Å². The number of nitro groups is 1. The van der Waals surface area contributed by atoms with Crippen LogP contribution in [-0.4, -0.2) is 30.6 Å². The first-order chi connectivity index (χ1) is 12.7. The first kappa shape index (κ1) is 22.7. The van der Waals surface area contributed by atoms with Crippen molar-refractivity contribution in [3.05, 3.63) is 70.3 Å². The molecule has 0 saturated carbocycles. The van der Waals surface area contributed by atoms with E-state index in [4.69, 9.17) is 4.74 Å². The van der Waals surface area contributed by atoms with E-state index in [2.05, 4.69) is 15.6 Å². The second kappa shape index (κ2) is 12.9. The molecule has 0 heterocycles. The SMILES string of the molecule is CCNC(=NCc1ccc([N+](=O)[O-])cc1)NCCCOc1ccccc1.I. The maximum absolute atomic E-state index is 10.7. The molecular weight excluding hydrogens is 459 g/mol. The number of nitrogens with one attached hydrogen (secondary N) is 2. The molecule has 0 aliphatic carbocycles. The number of hydrogen-bond donors (Lipinski definition) is 2. The lowest BCUT2D eigenvalue weighted by molar-refractivity contribution is -0.384. The van der Waals surface area contributed by atoms with Gasteiger partial charge in [-0.15, -0.1) is 24.0 Å². The molecule has 2 N–H and O–H groups in total. The molecule has 0 fully saturated rings. The maximum Gasteiger partial charge on any atom is 0.269 e. The van der Waals surface area contributed by atoms with Crippen molar-refractivity contribution >= 4 is 35.6 Å². The van der Waals surface area contributed by atoms with Crippen LogP contribution in [0, 0.1) is 10.1 Å². The molecule has 0 saturated heterocycles. The van der Waals surface area contributed by atoms with Gasteiger partial charge in [-0.2, -0.15) is 0 Å². The minimum atomic E-state index is -0.407. The summed E-state index contributed by atoms with van der Waals surface area (Å²) in [6.07, 6.45) is 0.844. The second-order valence-corrected chi connectivity index (χ2v) is 5.56. The highest BCUT2D eigenvalue weighted by atomic mass is 127. The highest BCUT2D eigenvalue weighted by molar-refractivity contribution is 14.0. The number of hydrogen-bond acceptors (Lipinski definition) is 4. The van der Waals surface area contributed by atoms with E-state index >= 15 is 0 Å². The molecule has 0 amide bonds. The van der Waals surface area contributed by atoms with E-state index in [1.807, 2.05) is 37.3 Å². The number of nitrogens with zero attached hydrogens (tertiary/aromatic N) is 2. The first-order valence-corrected chi connectivity index (χ1v) is 8.62. The van der Waals surface area contributed by atoms with Gasteiger partial charge in [0.25, 0.3) is 5.69 Å². The maximum atomic E-state index is 10.7. The zero-order chi connectivity index (χ0) is 18.6. The van der Waals surface area contributed by atoms with E-state index in [1.165, 1.54) is 12.1 Å². The van der Waals surface area contributed by atoms with E-state index < -0.39 is 4.92 Å². The number of nitro benzene ring substituents is 1. The third kappa shape index (κ3) is 8.72. The van der Waals surface area contributed by atoms with Crippen LogP contribution in [0.5, 0.6) is 5.75 Å². The highest BCUT2D eigenvalue weighted by Gasteiger charge is 2.04. The summed E-state index contributed by atoms with van der Waals surface area (Å²) in [6.45, 7) is 4.57. The summed E-state index contributed by atoms with van der Waals surface area (Å²) in [5.41, 5.74) is 1.00. The van der Waals surface area contributed by atoms with E-state index in [0.29, 0.717) is 19.1 Å². The summed E-state index contributed by atoms with van der Waals surface area (Å²) in [7, 11) is 0. The molecule has 0 spiro atoms. The van der Waals surface area contributed by atoms with Crippen LogP contribution >= 0.6 is 24.0 Å². The zero-order valence-corrected chi connectivity index (χ0v) is 17.6. The Kier molecular flexibility index (Phi) is 10.8. The third-order valence-electron chi connectivity index (χ3n) is 3.54. The average molecular weight is 484 g/mol. The Hall–Kier alpha value is -2.36. The number of benzene rings is 2. The molecule has 0 bridgehead atoms. The van der Waals surface area contributed by atoms with E-state index in [0.717, 1.165) is 30.8 Å². The van der Waals surface area contributed by atoms with Crippen molar-refractivity contribution in [1.29, 1.82) is 0 Å². The normalized spacial score (nSPS) is 10.6. The van der Waals surface area contributed by atoms with Gasteiger partial charge in [0, 0.05) is 25.2 Å². The van der Waals surface area contributed by atoms with Crippen molar-refractivity contribution in [2.45, 2.75) is 19.9 Å². The van der Waals surface area contributed by atoms with E-state index in [-0.39, 0.29) is 29.7 Å². The number of para-hydroxylation sites is 1. The fourth-order valence-corrected chi connectivity index (χ4v) is 2.22. The van der Waals surface area contributed by atoms with Crippen molar-refractivity contribution < 1.29 is 9.66 Å². The van der Waals surface area contributed by atoms with Crippen LogP contribution in [0.2, 0.25) is 0 Å². The highest BCUT2D eigenvalue weighted by Crippen LogP contribution is 2.12. The molecule has 0 radical (unpaired) electrons. The molecule has 0 aromatic heterocycles. The summed E-state index contributed by atoms with van der Waals surface area (Å²) < 4.78 is 5.65. The second-order valence-electron chi connectivity index (χ2n) is 5.56. The molecule has 0 atom stereocenters. The Bertz CT molecular complexity index is 709. The monoisotopic (exact) mass is 484 g/mol. The van der Waals surface area contributed by atoms with Crippen molar-refractivity contribution in [3.63, 3.8) is 0 Å². The lowest BCUT2D eigenvalue weighted by Gasteiger charge is -2.11. The Balaban J connectivity index is 0.00000364. The Morgan fingerprint density at radius 3 is 2.44 bits per heavy atom. The largest absolute Gasteiger partial charge is 0.494 e. The van der Waals surface area contributed by atoms with Crippen molar-refractivity contribution in [2.24, 2.45) is 4.99 Å². The molecule has 146 valence electrons. The average Bonchev–Trinajstić information content (AvgIpc) is 2.67. The molecule has 2 aromatic rings. The van der Waals surface area contributed by atoms with Gasteiger partial charge in [-0.25, -0.2) is 4.99 Å². The fraction of sp³-hybridized carbons (Fsp3) is 0.316. The summed E-state index contributed by atoms with van der Waals surface area (Å²) in [5, 5.41) is 17.1. The summed E-state index contributed by atoms with van der Waals surface area (Å²) in [5.74, 6) is 1.58. The number of aliphatic imine (C=N–C) groups is 1.